The molecule has 140 valence electrons. The minimum absolute atomic E-state index is 0.151. The van der Waals surface area contributed by atoms with Crippen LogP contribution in [0.1, 0.15) is 34.6 Å². The lowest BCUT2D eigenvalue weighted by molar-refractivity contribution is 0.0947. The second-order valence-corrected chi connectivity index (χ2v) is 6.65. The predicted octanol–water partition coefficient (Wildman–Crippen LogP) is 2.51. The Balaban J connectivity index is 1.81. The van der Waals surface area contributed by atoms with Crippen LogP contribution in [-0.2, 0) is 6.42 Å². The Labute approximate surface area is 156 Å². The first-order chi connectivity index (χ1) is 12.5. The molecule has 1 heterocycles. The number of carbonyl (C=O) groups excluding carboxylic acids is 1. The molecule has 2 rings (SSSR count). The first-order valence-electron chi connectivity index (χ1n) is 9.11. The smallest absolute Gasteiger partial charge is 0.270 e. The Morgan fingerprint density at radius 3 is 2.58 bits per heavy atom. The summed E-state index contributed by atoms with van der Waals surface area (Å²) in [5.41, 5.74) is 2.51. The first-order valence-corrected chi connectivity index (χ1v) is 9.11. The quantitative estimate of drug-likeness (QED) is 0.641. The molecule has 2 aromatic rings. The molecule has 1 aromatic heterocycles. The standard InChI is InChI=1S/C20H29N5O/c1-16-15-18(19(26)21-13-8-14-25(2)3)24-20(23-16)22-12-7-11-17-9-5-4-6-10-17/h4-6,9-10,15H,7-8,11-14H2,1-3H3,(H,21,26)(H,22,23,24). The highest BCUT2D eigenvalue weighted by Crippen LogP contribution is 2.07. The number of nitrogens with one attached hydrogen (secondary N) is 2. The van der Waals surface area contributed by atoms with Gasteiger partial charge in [0.05, 0.1) is 0 Å². The van der Waals surface area contributed by atoms with E-state index in [9.17, 15) is 4.79 Å². The van der Waals surface area contributed by atoms with Crippen molar-refractivity contribution >= 4 is 11.9 Å². The van der Waals surface area contributed by atoms with Gasteiger partial charge < -0.3 is 15.5 Å². The Morgan fingerprint density at radius 1 is 1.08 bits per heavy atom. The molecule has 0 spiro atoms. The summed E-state index contributed by atoms with van der Waals surface area (Å²) in [6, 6.07) is 12.1. The molecule has 0 aliphatic heterocycles. The molecule has 26 heavy (non-hydrogen) atoms. The van der Waals surface area contributed by atoms with Crippen LogP contribution < -0.4 is 10.6 Å². The van der Waals surface area contributed by atoms with Crippen LogP contribution in [0.5, 0.6) is 0 Å². The number of anilines is 1. The second-order valence-electron chi connectivity index (χ2n) is 6.65. The summed E-state index contributed by atoms with van der Waals surface area (Å²) < 4.78 is 0. The molecule has 0 aliphatic carbocycles. The second kappa shape index (κ2) is 10.5. The number of hydrogen-bond acceptors (Lipinski definition) is 5. The van der Waals surface area contributed by atoms with Gasteiger partial charge in [-0.2, -0.15) is 0 Å². The molecule has 0 unspecified atom stereocenters. The van der Waals surface area contributed by atoms with E-state index >= 15 is 0 Å². The van der Waals surface area contributed by atoms with Crippen LogP contribution in [0.4, 0.5) is 5.95 Å². The van der Waals surface area contributed by atoms with E-state index in [0.717, 1.165) is 38.0 Å². The van der Waals surface area contributed by atoms with E-state index in [1.54, 1.807) is 6.07 Å². The molecule has 0 radical (unpaired) electrons. The van der Waals surface area contributed by atoms with Gasteiger partial charge in [-0.05, 0) is 58.5 Å². The van der Waals surface area contributed by atoms with Gasteiger partial charge in [0, 0.05) is 18.8 Å². The van der Waals surface area contributed by atoms with Crippen molar-refractivity contribution in [1.29, 1.82) is 0 Å². The molecule has 0 bridgehead atoms. The number of amides is 1. The van der Waals surface area contributed by atoms with Crippen LogP contribution in [0.25, 0.3) is 0 Å². The van der Waals surface area contributed by atoms with Crippen LogP contribution in [0.15, 0.2) is 36.4 Å². The third-order valence-electron chi connectivity index (χ3n) is 3.92. The molecule has 6 heteroatoms. The van der Waals surface area contributed by atoms with Crippen LogP contribution in [-0.4, -0.2) is 54.5 Å². The molecule has 1 amide bonds. The molecule has 6 nitrogen and oxygen atoms in total. The summed E-state index contributed by atoms with van der Waals surface area (Å²) in [4.78, 5) is 23.1. The van der Waals surface area contributed by atoms with Crippen LogP contribution >= 0.6 is 0 Å². The third-order valence-corrected chi connectivity index (χ3v) is 3.92. The van der Waals surface area contributed by atoms with Gasteiger partial charge in [-0.3, -0.25) is 4.79 Å². The first kappa shape index (κ1) is 19.8. The minimum atomic E-state index is -0.151. The number of aromatic nitrogens is 2. The van der Waals surface area contributed by atoms with Gasteiger partial charge in [-0.1, -0.05) is 30.3 Å². The van der Waals surface area contributed by atoms with Gasteiger partial charge in [0.1, 0.15) is 5.69 Å². The Morgan fingerprint density at radius 2 is 1.85 bits per heavy atom. The van der Waals surface area contributed by atoms with Gasteiger partial charge in [0.25, 0.3) is 5.91 Å². The van der Waals surface area contributed by atoms with Gasteiger partial charge in [-0.15, -0.1) is 0 Å². The molecular weight excluding hydrogens is 326 g/mol. The molecule has 0 saturated carbocycles. The molecule has 0 fully saturated rings. The van der Waals surface area contributed by atoms with Crippen molar-refractivity contribution in [1.82, 2.24) is 20.2 Å². The normalized spacial score (nSPS) is 10.8. The number of benzene rings is 1. The molecular formula is C20H29N5O. The lowest BCUT2D eigenvalue weighted by atomic mass is 10.1. The van der Waals surface area contributed by atoms with Crippen molar-refractivity contribution in [2.75, 3.05) is 39.0 Å². The summed E-state index contributed by atoms with van der Waals surface area (Å²) in [6.45, 7) is 4.22. The van der Waals surface area contributed by atoms with Crippen LogP contribution in [0, 0.1) is 6.92 Å². The molecule has 2 N–H and O–H groups in total. The number of aryl methyl sites for hydroxylation is 2. The zero-order valence-corrected chi connectivity index (χ0v) is 16.0. The minimum Gasteiger partial charge on any atom is -0.354 e. The van der Waals surface area contributed by atoms with Crippen molar-refractivity contribution in [3.8, 4) is 0 Å². The van der Waals surface area contributed by atoms with Crippen molar-refractivity contribution in [3.05, 3.63) is 53.3 Å². The van der Waals surface area contributed by atoms with Crippen molar-refractivity contribution in [2.45, 2.75) is 26.2 Å². The number of rotatable bonds is 10. The van der Waals surface area contributed by atoms with E-state index in [-0.39, 0.29) is 5.91 Å². The summed E-state index contributed by atoms with van der Waals surface area (Å²) in [7, 11) is 4.04. The average molecular weight is 355 g/mol. The van der Waals surface area contributed by atoms with Crippen molar-refractivity contribution < 1.29 is 4.79 Å². The number of nitrogens with zero attached hydrogens (tertiary/aromatic N) is 3. The number of hydrogen-bond donors (Lipinski definition) is 2. The highest BCUT2D eigenvalue weighted by molar-refractivity contribution is 5.92. The maximum Gasteiger partial charge on any atom is 0.270 e. The molecule has 0 saturated heterocycles. The monoisotopic (exact) mass is 355 g/mol. The van der Waals surface area contributed by atoms with Gasteiger partial charge in [0.15, 0.2) is 0 Å². The van der Waals surface area contributed by atoms with E-state index in [4.69, 9.17) is 0 Å². The fourth-order valence-corrected chi connectivity index (χ4v) is 2.59. The highest BCUT2D eigenvalue weighted by Gasteiger charge is 2.10. The molecule has 1 aromatic carbocycles. The van der Waals surface area contributed by atoms with Crippen molar-refractivity contribution in [3.63, 3.8) is 0 Å². The Bertz CT molecular complexity index is 688. The molecule has 0 aliphatic rings. The topological polar surface area (TPSA) is 70.2 Å². The third kappa shape index (κ3) is 7.19. The molecule has 0 atom stereocenters. The van der Waals surface area contributed by atoms with E-state index in [1.165, 1.54) is 5.56 Å². The Kier molecular flexibility index (Phi) is 8.02. The largest absolute Gasteiger partial charge is 0.354 e. The zero-order valence-electron chi connectivity index (χ0n) is 16.0. The summed E-state index contributed by atoms with van der Waals surface area (Å²) in [5, 5.41) is 6.14. The van der Waals surface area contributed by atoms with Gasteiger partial charge >= 0.3 is 0 Å². The lowest BCUT2D eigenvalue weighted by Crippen LogP contribution is -2.28. The van der Waals surface area contributed by atoms with Crippen LogP contribution in [0.2, 0.25) is 0 Å². The van der Waals surface area contributed by atoms with E-state index in [0.29, 0.717) is 18.2 Å². The van der Waals surface area contributed by atoms with Crippen molar-refractivity contribution in [2.24, 2.45) is 0 Å². The van der Waals surface area contributed by atoms with Crippen LogP contribution in [0.3, 0.4) is 0 Å². The SMILES string of the molecule is Cc1cc(C(=O)NCCCN(C)C)nc(NCCCc2ccccc2)n1. The van der Waals surface area contributed by atoms with Gasteiger partial charge in [-0.25, -0.2) is 9.97 Å². The Hall–Kier alpha value is -2.47. The number of carbonyl (C=O) groups is 1. The van der Waals surface area contributed by atoms with E-state index < -0.39 is 0 Å². The van der Waals surface area contributed by atoms with E-state index in [1.807, 2.05) is 27.1 Å². The van der Waals surface area contributed by atoms with E-state index in [2.05, 4.69) is 49.8 Å². The zero-order chi connectivity index (χ0) is 18.8. The summed E-state index contributed by atoms with van der Waals surface area (Å²) >= 11 is 0. The fraction of sp³-hybridized carbons (Fsp3) is 0.450. The predicted molar refractivity (Wildman–Crippen MR) is 106 cm³/mol. The fourth-order valence-electron chi connectivity index (χ4n) is 2.59. The summed E-state index contributed by atoms with van der Waals surface area (Å²) in [5.74, 6) is 0.359. The maximum atomic E-state index is 12.3. The lowest BCUT2D eigenvalue weighted by Gasteiger charge is -2.11. The van der Waals surface area contributed by atoms with Gasteiger partial charge in [0.2, 0.25) is 5.95 Å². The highest BCUT2D eigenvalue weighted by atomic mass is 16.1. The average Bonchev–Trinajstić information content (AvgIpc) is 2.62. The maximum absolute atomic E-state index is 12.3. The summed E-state index contributed by atoms with van der Waals surface area (Å²) in [6.07, 6.45) is 2.89.